The van der Waals surface area contributed by atoms with E-state index in [4.69, 9.17) is 9.84 Å². The molecule has 1 saturated heterocycles. The summed E-state index contributed by atoms with van der Waals surface area (Å²) in [4.78, 5) is 28.4. The van der Waals surface area contributed by atoms with E-state index in [0.29, 0.717) is 26.3 Å². The summed E-state index contributed by atoms with van der Waals surface area (Å²) in [7, 11) is 0. The second kappa shape index (κ2) is 5.59. The van der Waals surface area contributed by atoms with Gasteiger partial charge in [-0.05, 0) is 18.6 Å². The van der Waals surface area contributed by atoms with E-state index < -0.39 is 5.97 Å². The Morgan fingerprint density at radius 1 is 1.22 bits per heavy atom. The smallest absolute Gasteiger partial charge is 0.354 e. The molecule has 0 bridgehead atoms. The normalized spacial score (nSPS) is 16.1. The lowest BCUT2D eigenvalue weighted by Crippen LogP contribution is -2.34. The Labute approximate surface area is 104 Å². The van der Waals surface area contributed by atoms with Gasteiger partial charge in [0.15, 0.2) is 0 Å². The van der Waals surface area contributed by atoms with Crippen LogP contribution in [-0.4, -0.2) is 53.2 Å². The lowest BCUT2D eigenvalue weighted by atomic mass is 10.2. The van der Waals surface area contributed by atoms with Crippen LogP contribution < -0.4 is 0 Å². The van der Waals surface area contributed by atoms with Crippen molar-refractivity contribution in [2.75, 3.05) is 26.3 Å². The van der Waals surface area contributed by atoms with Crippen LogP contribution >= 0.6 is 0 Å². The zero-order chi connectivity index (χ0) is 13.0. The maximum Gasteiger partial charge on any atom is 0.354 e. The van der Waals surface area contributed by atoms with E-state index in [0.717, 1.165) is 6.42 Å². The number of carboxylic acids is 1. The molecule has 0 atom stereocenters. The largest absolute Gasteiger partial charge is 0.477 e. The Bertz CT molecular complexity index is 453. The van der Waals surface area contributed by atoms with E-state index in [1.54, 1.807) is 4.90 Å². The first kappa shape index (κ1) is 12.5. The Balaban J connectivity index is 2.16. The molecule has 2 heterocycles. The fourth-order valence-electron chi connectivity index (χ4n) is 1.78. The standard InChI is InChI=1S/C12H14N2O4/c15-11(14-5-2-7-18-8-6-14)9-3-1-4-10(13-9)12(16)17/h1,3-4H,2,5-8H2,(H,16,17). The summed E-state index contributed by atoms with van der Waals surface area (Å²) in [5, 5.41) is 8.84. The monoisotopic (exact) mass is 250 g/mol. The summed E-state index contributed by atoms with van der Waals surface area (Å²) in [5.41, 5.74) is 0.0451. The lowest BCUT2D eigenvalue weighted by Gasteiger charge is -2.18. The fraction of sp³-hybridized carbons (Fsp3) is 0.417. The molecule has 18 heavy (non-hydrogen) atoms. The highest BCUT2D eigenvalue weighted by Crippen LogP contribution is 2.07. The lowest BCUT2D eigenvalue weighted by molar-refractivity contribution is 0.0689. The first-order valence-corrected chi connectivity index (χ1v) is 5.76. The zero-order valence-corrected chi connectivity index (χ0v) is 9.83. The highest BCUT2D eigenvalue weighted by molar-refractivity contribution is 5.94. The Hall–Kier alpha value is -1.95. The van der Waals surface area contributed by atoms with Gasteiger partial charge >= 0.3 is 5.97 Å². The first-order valence-electron chi connectivity index (χ1n) is 5.76. The van der Waals surface area contributed by atoms with E-state index in [2.05, 4.69) is 4.98 Å². The van der Waals surface area contributed by atoms with Crippen molar-refractivity contribution < 1.29 is 19.4 Å². The minimum Gasteiger partial charge on any atom is -0.477 e. The maximum absolute atomic E-state index is 12.1. The SMILES string of the molecule is O=C(O)c1cccc(C(=O)N2CCCOCC2)n1. The molecule has 0 unspecified atom stereocenters. The van der Waals surface area contributed by atoms with Crippen LogP contribution in [0.3, 0.4) is 0 Å². The molecular formula is C12H14N2O4. The van der Waals surface area contributed by atoms with Gasteiger partial charge < -0.3 is 14.7 Å². The van der Waals surface area contributed by atoms with Crippen LogP contribution in [0.5, 0.6) is 0 Å². The van der Waals surface area contributed by atoms with Crippen molar-refractivity contribution in [2.45, 2.75) is 6.42 Å². The van der Waals surface area contributed by atoms with Gasteiger partial charge in [-0.3, -0.25) is 4.79 Å². The molecule has 0 aliphatic carbocycles. The zero-order valence-electron chi connectivity index (χ0n) is 9.83. The minimum atomic E-state index is -1.14. The summed E-state index contributed by atoms with van der Waals surface area (Å²) >= 11 is 0. The average molecular weight is 250 g/mol. The molecule has 0 aromatic carbocycles. The molecule has 0 saturated carbocycles. The highest BCUT2D eigenvalue weighted by atomic mass is 16.5. The summed E-state index contributed by atoms with van der Waals surface area (Å²) in [6.07, 6.45) is 0.782. The number of hydrogen-bond donors (Lipinski definition) is 1. The van der Waals surface area contributed by atoms with Gasteiger partial charge in [0.2, 0.25) is 0 Å². The first-order chi connectivity index (χ1) is 8.68. The van der Waals surface area contributed by atoms with Crippen LogP contribution in [0, 0.1) is 0 Å². The van der Waals surface area contributed by atoms with Crippen molar-refractivity contribution in [2.24, 2.45) is 0 Å². The van der Waals surface area contributed by atoms with Crippen LogP contribution in [0.4, 0.5) is 0 Å². The van der Waals surface area contributed by atoms with Crippen LogP contribution in [0.1, 0.15) is 27.4 Å². The third-order valence-corrected chi connectivity index (χ3v) is 2.70. The van der Waals surface area contributed by atoms with Gasteiger partial charge in [-0.2, -0.15) is 0 Å². The molecule has 1 aromatic rings. The van der Waals surface area contributed by atoms with Crippen molar-refractivity contribution in [3.63, 3.8) is 0 Å². The molecule has 1 aliphatic heterocycles. The van der Waals surface area contributed by atoms with Gasteiger partial charge in [-0.15, -0.1) is 0 Å². The number of nitrogens with zero attached hydrogens (tertiary/aromatic N) is 2. The maximum atomic E-state index is 12.1. The van der Waals surface area contributed by atoms with Gasteiger partial charge in [0.1, 0.15) is 11.4 Å². The number of rotatable bonds is 2. The molecule has 1 amide bonds. The van der Waals surface area contributed by atoms with E-state index in [1.165, 1.54) is 18.2 Å². The van der Waals surface area contributed by atoms with Gasteiger partial charge in [0.05, 0.1) is 6.61 Å². The summed E-state index contributed by atoms with van der Waals surface area (Å²) in [6, 6.07) is 4.42. The summed E-state index contributed by atoms with van der Waals surface area (Å²) in [5.74, 6) is -1.38. The number of aromatic nitrogens is 1. The predicted molar refractivity (Wildman–Crippen MR) is 62.5 cm³/mol. The van der Waals surface area contributed by atoms with E-state index >= 15 is 0 Å². The van der Waals surface area contributed by atoms with Crippen molar-refractivity contribution in [1.82, 2.24) is 9.88 Å². The number of carbonyl (C=O) groups excluding carboxylic acids is 1. The van der Waals surface area contributed by atoms with Crippen LogP contribution in [0.15, 0.2) is 18.2 Å². The highest BCUT2D eigenvalue weighted by Gasteiger charge is 2.19. The summed E-state index contributed by atoms with van der Waals surface area (Å²) < 4.78 is 5.26. The fourth-order valence-corrected chi connectivity index (χ4v) is 1.78. The van der Waals surface area contributed by atoms with Gasteiger partial charge in [-0.25, -0.2) is 9.78 Å². The Morgan fingerprint density at radius 3 is 2.78 bits per heavy atom. The molecule has 0 radical (unpaired) electrons. The molecule has 2 rings (SSSR count). The predicted octanol–water partition coefficient (Wildman–Crippen LogP) is 0.642. The molecule has 6 nitrogen and oxygen atoms in total. The molecule has 96 valence electrons. The van der Waals surface area contributed by atoms with Gasteiger partial charge in [0.25, 0.3) is 5.91 Å². The van der Waals surface area contributed by atoms with Crippen molar-refractivity contribution >= 4 is 11.9 Å². The van der Waals surface area contributed by atoms with E-state index in [-0.39, 0.29) is 17.3 Å². The average Bonchev–Trinajstić information content (AvgIpc) is 2.67. The molecular weight excluding hydrogens is 236 g/mol. The number of pyridine rings is 1. The summed E-state index contributed by atoms with van der Waals surface area (Å²) in [6.45, 7) is 2.27. The molecule has 1 N–H and O–H groups in total. The second-order valence-electron chi connectivity index (χ2n) is 3.97. The quantitative estimate of drug-likeness (QED) is 0.833. The molecule has 0 spiro atoms. The molecule has 1 fully saturated rings. The van der Waals surface area contributed by atoms with Gasteiger partial charge in [-0.1, -0.05) is 6.07 Å². The number of aromatic carboxylic acids is 1. The van der Waals surface area contributed by atoms with Gasteiger partial charge in [0, 0.05) is 19.7 Å². The van der Waals surface area contributed by atoms with Crippen molar-refractivity contribution in [1.29, 1.82) is 0 Å². The topological polar surface area (TPSA) is 79.7 Å². The number of carbonyl (C=O) groups is 2. The number of carboxylic acid groups (broad SMARTS) is 1. The number of amides is 1. The van der Waals surface area contributed by atoms with Crippen LogP contribution in [-0.2, 0) is 4.74 Å². The van der Waals surface area contributed by atoms with Crippen LogP contribution in [0.2, 0.25) is 0 Å². The third-order valence-electron chi connectivity index (χ3n) is 2.70. The van der Waals surface area contributed by atoms with E-state index in [1.807, 2.05) is 0 Å². The second-order valence-corrected chi connectivity index (χ2v) is 3.97. The number of hydrogen-bond acceptors (Lipinski definition) is 4. The third kappa shape index (κ3) is 2.84. The van der Waals surface area contributed by atoms with E-state index in [9.17, 15) is 9.59 Å². The van der Waals surface area contributed by atoms with Crippen LogP contribution in [0.25, 0.3) is 0 Å². The van der Waals surface area contributed by atoms with Crippen molar-refractivity contribution in [3.8, 4) is 0 Å². The molecule has 6 heteroatoms. The Morgan fingerprint density at radius 2 is 2.00 bits per heavy atom. The molecule has 1 aliphatic rings. The molecule has 1 aromatic heterocycles. The number of ether oxygens (including phenoxy) is 1. The minimum absolute atomic E-state index is 0.119. The Kier molecular flexibility index (Phi) is 3.88. The van der Waals surface area contributed by atoms with Crippen molar-refractivity contribution in [3.05, 3.63) is 29.6 Å².